The van der Waals surface area contributed by atoms with Gasteiger partial charge >= 0.3 is 0 Å². The van der Waals surface area contributed by atoms with Crippen LogP contribution in [0.25, 0.3) is 0 Å². The van der Waals surface area contributed by atoms with E-state index in [0.29, 0.717) is 12.1 Å². The largest absolute Gasteiger partial charge is 0.507 e. The fourth-order valence-electron chi connectivity index (χ4n) is 2.39. The minimum absolute atomic E-state index is 0.0153. The van der Waals surface area contributed by atoms with Crippen LogP contribution < -0.4 is 0 Å². The minimum Gasteiger partial charge on any atom is -0.507 e. The van der Waals surface area contributed by atoms with Gasteiger partial charge in [-0.3, -0.25) is 20.0 Å². The van der Waals surface area contributed by atoms with Crippen molar-refractivity contribution in [3.63, 3.8) is 0 Å². The van der Waals surface area contributed by atoms with Crippen LogP contribution in [0.5, 0.6) is 5.75 Å². The summed E-state index contributed by atoms with van der Waals surface area (Å²) < 4.78 is 5.34. The molecule has 1 saturated heterocycles. The number of benzene rings is 1. The molecule has 7 heteroatoms. The number of phenols is 1. The Balaban J connectivity index is 2.05. The van der Waals surface area contributed by atoms with Crippen LogP contribution in [0.4, 0.5) is 5.69 Å². The smallest absolute Gasteiger partial charge is 0.270 e. The van der Waals surface area contributed by atoms with Crippen molar-refractivity contribution in [2.75, 3.05) is 32.8 Å². The quantitative estimate of drug-likeness (QED) is 0.509. The zero-order valence-electron chi connectivity index (χ0n) is 12.9. The molecule has 2 rings (SSSR count). The highest BCUT2D eigenvalue weighted by Crippen LogP contribution is 2.22. The molecule has 0 bridgehead atoms. The van der Waals surface area contributed by atoms with Crippen molar-refractivity contribution in [3.8, 4) is 5.75 Å². The van der Waals surface area contributed by atoms with Gasteiger partial charge in [-0.2, -0.15) is 0 Å². The molecule has 0 amide bonds. The molecule has 0 spiro atoms. The lowest BCUT2D eigenvalue weighted by Crippen LogP contribution is -2.51. The van der Waals surface area contributed by atoms with Gasteiger partial charge in [-0.1, -0.05) is 0 Å². The Morgan fingerprint density at radius 2 is 2.14 bits per heavy atom. The summed E-state index contributed by atoms with van der Waals surface area (Å²) in [6, 6.07) is 3.90. The van der Waals surface area contributed by atoms with Crippen molar-refractivity contribution in [2.45, 2.75) is 19.4 Å². The number of morpholine rings is 1. The minimum atomic E-state index is -0.492. The number of hydrogen-bond donors (Lipinski definition) is 1. The summed E-state index contributed by atoms with van der Waals surface area (Å²) in [7, 11) is 0. The van der Waals surface area contributed by atoms with Crippen molar-refractivity contribution in [1.29, 1.82) is 0 Å². The molecule has 1 aliphatic rings. The first kappa shape index (κ1) is 16.4. The van der Waals surface area contributed by atoms with Crippen molar-refractivity contribution < 1.29 is 14.8 Å². The third-order valence-electron chi connectivity index (χ3n) is 3.80. The molecule has 1 N–H and O–H groups in total. The lowest BCUT2D eigenvalue weighted by Gasteiger charge is -2.39. The van der Waals surface area contributed by atoms with E-state index in [1.165, 1.54) is 24.4 Å². The maximum Gasteiger partial charge on any atom is 0.270 e. The molecule has 1 aromatic carbocycles. The Kier molecular flexibility index (Phi) is 5.10. The van der Waals surface area contributed by atoms with E-state index >= 15 is 0 Å². The first-order chi connectivity index (χ1) is 10.4. The van der Waals surface area contributed by atoms with Crippen molar-refractivity contribution in [1.82, 2.24) is 4.90 Å². The molecule has 1 aliphatic heterocycles. The molecule has 0 aliphatic carbocycles. The van der Waals surface area contributed by atoms with Crippen LogP contribution in [-0.4, -0.2) is 59.5 Å². The fourth-order valence-corrected chi connectivity index (χ4v) is 2.39. The molecule has 0 atom stereocenters. The van der Waals surface area contributed by atoms with Gasteiger partial charge in [0.1, 0.15) is 5.75 Å². The number of aromatic hydroxyl groups is 1. The first-order valence-corrected chi connectivity index (χ1v) is 7.20. The predicted molar refractivity (Wildman–Crippen MR) is 83.7 cm³/mol. The van der Waals surface area contributed by atoms with Gasteiger partial charge in [-0.25, -0.2) is 0 Å². The number of aliphatic imine (C=N–C) groups is 1. The van der Waals surface area contributed by atoms with Gasteiger partial charge in [0, 0.05) is 42.5 Å². The number of non-ortho nitro benzene ring substituents is 1. The van der Waals surface area contributed by atoms with E-state index in [4.69, 9.17) is 4.74 Å². The Morgan fingerprint density at radius 3 is 2.77 bits per heavy atom. The molecular formula is C15H21N3O4. The highest BCUT2D eigenvalue weighted by molar-refractivity contribution is 5.84. The molecule has 1 heterocycles. The van der Waals surface area contributed by atoms with Gasteiger partial charge in [0.15, 0.2) is 0 Å². The highest BCUT2D eigenvalue weighted by atomic mass is 16.6. The maximum atomic E-state index is 10.8. The van der Waals surface area contributed by atoms with Crippen molar-refractivity contribution in [3.05, 3.63) is 33.9 Å². The Hall–Kier alpha value is -1.99. The lowest BCUT2D eigenvalue weighted by atomic mass is 10.0. The van der Waals surface area contributed by atoms with Crippen LogP contribution in [0.3, 0.4) is 0 Å². The van der Waals surface area contributed by atoms with Crippen LogP contribution in [0.2, 0.25) is 0 Å². The van der Waals surface area contributed by atoms with Crippen molar-refractivity contribution in [2.24, 2.45) is 4.99 Å². The summed E-state index contributed by atoms with van der Waals surface area (Å²) in [6.07, 6.45) is 1.49. The fraction of sp³-hybridized carbons (Fsp3) is 0.533. The topological polar surface area (TPSA) is 88.2 Å². The maximum absolute atomic E-state index is 10.8. The second-order valence-electron chi connectivity index (χ2n) is 5.88. The summed E-state index contributed by atoms with van der Waals surface area (Å²) in [6.45, 7) is 7.91. The van der Waals surface area contributed by atoms with Crippen LogP contribution >= 0.6 is 0 Å². The zero-order valence-corrected chi connectivity index (χ0v) is 12.9. The predicted octanol–water partition coefficient (Wildman–Crippen LogP) is 1.83. The van der Waals surface area contributed by atoms with Crippen molar-refractivity contribution >= 4 is 11.9 Å². The van der Waals surface area contributed by atoms with E-state index in [0.717, 1.165) is 26.3 Å². The number of nitro benzene ring substituents is 1. The number of nitrogens with zero attached hydrogens (tertiary/aromatic N) is 3. The first-order valence-electron chi connectivity index (χ1n) is 7.20. The SMILES string of the molecule is CC(C)(CN=Cc1cc([N+](=O)[O-])ccc1O)N1CCOCC1. The number of rotatable bonds is 5. The summed E-state index contributed by atoms with van der Waals surface area (Å²) >= 11 is 0. The Morgan fingerprint density at radius 1 is 1.45 bits per heavy atom. The summed E-state index contributed by atoms with van der Waals surface area (Å²) in [5, 5.41) is 20.5. The Labute approximate surface area is 129 Å². The summed E-state index contributed by atoms with van der Waals surface area (Å²) in [4.78, 5) is 16.9. The van der Waals surface area contributed by atoms with Gasteiger partial charge < -0.3 is 9.84 Å². The Bertz CT molecular complexity index is 566. The summed E-state index contributed by atoms with van der Waals surface area (Å²) in [5.74, 6) is -0.0153. The molecule has 0 aromatic heterocycles. The van der Waals surface area contributed by atoms with Gasteiger partial charge in [0.2, 0.25) is 0 Å². The van der Waals surface area contributed by atoms with E-state index in [2.05, 4.69) is 23.7 Å². The molecule has 1 aromatic rings. The van der Waals surface area contributed by atoms with Crippen LogP contribution in [0.15, 0.2) is 23.2 Å². The second kappa shape index (κ2) is 6.85. The number of phenolic OH excluding ortho intramolecular Hbond substituents is 1. The molecule has 0 radical (unpaired) electrons. The third kappa shape index (κ3) is 4.02. The molecule has 1 fully saturated rings. The average Bonchev–Trinajstić information content (AvgIpc) is 2.49. The normalized spacial score (nSPS) is 17.0. The number of nitro groups is 1. The molecule has 0 saturated carbocycles. The van der Waals surface area contributed by atoms with Crippen LogP contribution in [-0.2, 0) is 4.74 Å². The van der Waals surface area contributed by atoms with Gasteiger partial charge in [-0.15, -0.1) is 0 Å². The molecular weight excluding hydrogens is 286 g/mol. The number of ether oxygens (including phenoxy) is 1. The average molecular weight is 307 g/mol. The molecule has 22 heavy (non-hydrogen) atoms. The number of hydrogen-bond acceptors (Lipinski definition) is 6. The zero-order chi connectivity index (χ0) is 16.2. The van der Waals surface area contributed by atoms with E-state index < -0.39 is 4.92 Å². The van der Waals surface area contributed by atoms with E-state index in [1.807, 2.05) is 0 Å². The van der Waals surface area contributed by atoms with E-state index in [-0.39, 0.29) is 17.0 Å². The van der Waals surface area contributed by atoms with Crippen LogP contribution in [0.1, 0.15) is 19.4 Å². The van der Waals surface area contributed by atoms with E-state index in [9.17, 15) is 15.2 Å². The summed E-state index contributed by atoms with van der Waals surface area (Å²) in [5.41, 5.74) is 0.162. The van der Waals surface area contributed by atoms with Gasteiger partial charge in [0.25, 0.3) is 5.69 Å². The highest BCUT2D eigenvalue weighted by Gasteiger charge is 2.27. The standard InChI is InChI=1S/C15H21N3O4/c1-15(2,17-5-7-22-8-6-17)11-16-10-12-9-13(18(20)21)3-4-14(12)19/h3-4,9-10,19H,5-8,11H2,1-2H3. The van der Waals surface area contributed by atoms with E-state index in [1.54, 1.807) is 0 Å². The molecule has 7 nitrogen and oxygen atoms in total. The molecule has 120 valence electrons. The van der Waals surface area contributed by atoms with Gasteiger partial charge in [0.05, 0.1) is 24.7 Å². The third-order valence-corrected chi connectivity index (χ3v) is 3.80. The van der Waals surface area contributed by atoms with Gasteiger partial charge in [-0.05, 0) is 19.9 Å². The van der Waals surface area contributed by atoms with Crippen LogP contribution in [0, 0.1) is 10.1 Å². The lowest BCUT2D eigenvalue weighted by molar-refractivity contribution is -0.384. The molecule has 0 unspecified atom stereocenters. The monoisotopic (exact) mass is 307 g/mol. The second-order valence-corrected chi connectivity index (χ2v) is 5.88.